The summed E-state index contributed by atoms with van der Waals surface area (Å²) in [6.45, 7) is 4.48. The average molecular weight is 422 g/mol. The van der Waals surface area contributed by atoms with Gasteiger partial charge in [-0.1, -0.05) is 6.07 Å². The molecule has 0 spiro atoms. The zero-order valence-corrected chi connectivity index (χ0v) is 17.2. The fourth-order valence-corrected chi connectivity index (χ4v) is 2.98. The van der Waals surface area contributed by atoms with Crippen molar-refractivity contribution in [3.05, 3.63) is 86.5 Å². The minimum absolute atomic E-state index is 0.113. The number of carbonyl (C=O) groups excluding carboxylic acids is 1. The van der Waals surface area contributed by atoms with Gasteiger partial charge in [0.15, 0.2) is 0 Å². The van der Waals surface area contributed by atoms with Crippen molar-refractivity contribution in [3.63, 3.8) is 0 Å². The first-order chi connectivity index (χ1) is 14.9. The summed E-state index contributed by atoms with van der Waals surface area (Å²) < 4.78 is 6.79. The van der Waals surface area contributed by atoms with Crippen LogP contribution in [-0.2, 0) is 6.54 Å². The third-order valence-corrected chi connectivity index (χ3v) is 4.65. The van der Waals surface area contributed by atoms with E-state index in [-0.39, 0.29) is 29.9 Å². The van der Waals surface area contributed by atoms with E-state index in [1.165, 1.54) is 35.2 Å². The lowest BCUT2D eigenvalue weighted by Gasteiger charge is -2.09. The van der Waals surface area contributed by atoms with Crippen molar-refractivity contribution in [2.24, 2.45) is 0 Å². The second-order valence-electron chi connectivity index (χ2n) is 6.78. The van der Waals surface area contributed by atoms with Crippen LogP contribution in [0.5, 0.6) is 5.75 Å². The van der Waals surface area contributed by atoms with Gasteiger partial charge in [-0.05, 0) is 44.2 Å². The van der Waals surface area contributed by atoms with Gasteiger partial charge in [0.25, 0.3) is 17.2 Å². The van der Waals surface area contributed by atoms with E-state index in [0.717, 1.165) is 11.3 Å². The van der Waals surface area contributed by atoms with Crippen LogP contribution in [0.4, 0.5) is 5.69 Å². The largest absolute Gasteiger partial charge is 0.494 e. The molecular formula is C22H22N4O5. The van der Waals surface area contributed by atoms with Crippen molar-refractivity contribution in [1.82, 2.24) is 14.9 Å². The topological polar surface area (TPSA) is 116 Å². The van der Waals surface area contributed by atoms with E-state index in [2.05, 4.69) is 10.3 Å². The molecule has 0 aliphatic rings. The number of aromatic nitrogens is 2. The Hall–Kier alpha value is -4.01. The van der Waals surface area contributed by atoms with Gasteiger partial charge in [-0.25, -0.2) is 4.98 Å². The smallest absolute Gasteiger partial charge is 0.273 e. The molecule has 9 nitrogen and oxygen atoms in total. The lowest BCUT2D eigenvalue weighted by Crippen LogP contribution is -2.30. The zero-order chi connectivity index (χ0) is 22.4. The molecule has 160 valence electrons. The van der Waals surface area contributed by atoms with Gasteiger partial charge < -0.3 is 10.1 Å². The molecule has 0 saturated heterocycles. The van der Waals surface area contributed by atoms with E-state index in [0.29, 0.717) is 17.9 Å². The average Bonchev–Trinajstić information content (AvgIpc) is 2.75. The van der Waals surface area contributed by atoms with Crippen LogP contribution in [0.1, 0.15) is 22.8 Å². The molecule has 1 N–H and O–H groups in total. The Morgan fingerprint density at radius 1 is 1.19 bits per heavy atom. The summed E-state index contributed by atoms with van der Waals surface area (Å²) in [5.41, 5.74) is 1.64. The van der Waals surface area contributed by atoms with E-state index >= 15 is 0 Å². The molecule has 0 aliphatic heterocycles. The first-order valence-corrected chi connectivity index (χ1v) is 9.72. The first-order valence-electron chi connectivity index (χ1n) is 9.72. The molecule has 1 heterocycles. The van der Waals surface area contributed by atoms with Crippen molar-refractivity contribution < 1.29 is 14.5 Å². The standard InChI is InChI=1S/C22H22N4O5/c1-3-31-18-8-6-16(7-9-18)19-13-21(27)25(14-24-19)11-10-23-22(28)17-5-4-15(2)20(12-17)26(29)30/h4-9,12-14H,3,10-11H2,1-2H3,(H,23,28). The number of carbonyl (C=O) groups is 1. The molecule has 0 saturated carbocycles. The number of nitrogens with zero attached hydrogens (tertiary/aromatic N) is 3. The maximum Gasteiger partial charge on any atom is 0.273 e. The van der Waals surface area contributed by atoms with Crippen molar-refractivity contribution in [1.29, 1.82) is 0 Å². The number of nitro groups is 1. The molecule has 1 amide bonds. The van der Waals surface area contributed by atoms with E-state index < -0.39 is 10.8 Å². The van der Waals surface area contributed by atoms with Gasteiger partial charge >= 0.3 is 0 Å². The van der Waals surface area contributed by atoms with Crippen LogP contribution in [0, 0.1) is 17.0 Å². The highest BCUT2D eigenvalue weighted by atomic mass is 16.6. The Kier molecular flexibility index (Phi) is 6.76. The number of ether oxygens (including phenoxy) is 1. The van der Waals surface area contributed by atoms with Crippen molar-refractivity contribution >= 4 is 11.6 Å². The normalized spacial score (nSPS) is 10.5. The third-order valence-electron chi connectivity index (χ3n) is 4.65. The van der Waals surface area contributed by atoms with Crippen LogP contribution >= 0.6 is 0 Å². The molecule has 0 aliphatic carbocycles. The second kappa shape index (κ2) is 9.66. The van der Waals surface area contributed by atoms with Crippen LogP contribution in [0.25, 0.3) is 11.3 Å². The Bertz CT molecular complexity index is 1160. The molecule has 2 aromatic carbocycles. The minimum Gasteiger partial charge on any atom is -0.494 e. The van der Waals surface area contributed by atoms with Gasteiger partial charge in [0.05, 0.1) is 23.6 Å². The lowest BCUT2D eigenvalue weighted by atomic mass is 10.1. The van der Waals surface area contributed by atoms with E-state index in [4.69, 9.17) is 4.74 Å². The quantitative estimate of drug-likeness (QED) is 0.441. The summed E-state index contributed by atoms with van der Waals surface area (Å²) >= 11 is 0. The molecule has 1 aromatic heterocycles. The molecule has 0 bridgehead atoms. The van der Waals surface area contributed by atoms with E-state index in [1.807, 2.05) is 31.2 Å². The fourth-order valence-electron chi connectivity index (χ4n) is 2.98. The molecule has 0 unspecified atom stereocenters. The molecule has 0 fully saturated rings. The van der Waals surface area contributed by atoms with Crippen LogP contribution in [0.15, 0.2) is 59.7 Å². The van der Waals surface area contributed by atoms with Gasteiger partial charge in [0, 0.05) is 41.9 Å². The number of benzene rings is 2. The highest BCUT2D eigenvalue weighted by Crippen LogP contribution is 2.20. The highest BCUT2D eigenvalue weighted by molar-refractivity contribution is 5.94. The molecule has 9 heteroatoms. The van der Waals surface area contributed by atoms with Gasteiger partial charge in [-0.3, -0.25) is 24.3 Å². The summed E-state index contributed by atoms with van der Waals surface area (Å²) in [6.07, 6.45) is 1.43. The number of amides is 1. The number of hydrogen-bond donors (Lipinski definition) is 1. The number of hydrogen-bond acceptors (Lipinski definition) is 6. The highest BCUT2D eigenvalue weighted by Gasteiger charge is 2.14. The van der Waals surface area contributed by atoms with Gasteiger partial charge in [-0.2, -0.15) is 0 Å². The summed E-state index contributed by atoms with van der Waals surface area (Å²) in [7, 11) is 0. The predicted octanol–water partition coefficient (Wildman–Crippen LogP) is 2.96. The Balaban J connectivity index is 1.62. The summed E-state index contributed by atoms with van der Waals surface area (Å²) in [6, 6.07) is 13.0. The number of nitrogens with one attached hydrogen (secondary N) is 1. The number of aryl methyl sites for hydroxylation is 1. The third kappa shape index (κ3) is 5.33. The van der Waals surface area contributed by atoms with Crippen molar-refractivity contribution in [2.75, 3.05) is 13.2 Å². The molecule has 31 heavy (non-hydrogen) atoms. The van der Waals surface area contributed by atoms with Crippen molar-refractivity contribution in [3.8, 4) is 17.0 Å². The monoisotopic (exact) mass is 422 g/mol. The predicted molar refractivity (Wildman–Crippen MR) is 115 cm³/mol. The Morgan fingerprint density at radius 2 is 1.94 bits per heavy atom. The van der Waals surface area contributed by atoms with Crippen LogP contribution < -0.4 is 15.6 Å². The molecule has 0 atom stereocenters. The van der Waals surface area contributed by atoms with E-state index in [9.17, 15) is 19.7 Å². The SMILES string of the molecule is CCOc1ccc(-c2cc(=O)n(CCNC(=O)c3ccc(C)c([N+](=O)[O-])c3)cn2)cc1. The molecule has 3 rings (SSSR count). The Labute approximate surface area is 178 Å². The molecule has 0 radical (unpaired) electrons. The second-order valence-corrected chi connectivity index (χ2v) is 6.78. The summed E-state index contributed by atoms with van der Waals surface area (Å²) in [4.78, 5) is 39.5. The number of nitro benzene ring substituents is 1. The molecule has 3 aromatic rings. The molecular weight excluding hydrogens is 400 g/mol. The van der Waals surface area contributed by atoms with Crippen LogP contribution in [-0.4, -0.2) is 33.5 Å². The Morgan fingerprint density at radius 3 is 2.58 bits per heavy atom. The minimum atomic E-state index is -0.525. The fraction of sp³-hybridized carbons (Fsp3) is 0.227. The van der Waals surface area contributed by atoms with Gasteiger partial charge in [0.2, 0.25) is 0 Å². The van der Waals surface area contributed by atoms with E-state index in [1.54, 1.807) is 6.92 Å². The number of rotatable bonds is 8. The first kappa shape index (κ1) is 21.7. The zero-order valence-electron chi connectivity index (χ0n) is 17.2. The van der Waals surface area contributed by atoms with Crippen LogP contribution in [0.2, 0.25) is 0 Å². The maximum atomic E-state index is 12.4. The summed E-state index contributed by atoms with van der Waals surface area (Å²) in [5.74, 6) is 0.296. The maximum absolute atomic E-state index is 12.4. The van der Waals surface area contributed by atoms with Crippen molar-refractivity contribution in [2.45, 2.75) is 20.4 Å². The van der Waals surface area contributed by atoms with Crippen LogP contribution in [0.3, 0.4) is 0 Å². The van der Waals surface area contributed by atoms with Gasteiger partial charge in [-0.15, -0.1) is 0 Å². The summed E-state index contributed by atoms with van der Waals surface area (Å²) in [5, 5.41) is 13.7. The van der Waals surface area contributed by atoms with Gasteiger partial charge in [0.1, 0.15) is 5.75 Å². The lowest BCUT2D eigenvalue weighted by molar-refractivity contribution is -0.385.